The van der Waals surface area contributed by atoms with Crippen LogP contribution in [-0.4, -0.2) is 46.7 Å². The molecule has 0 unspecified atom stereocenters. The van der Waals surface area contributed by atoms with Crippen molar-refractivity contribution in [2.24, 2.45) is 4.99 Å². The standard InChI is InChI=1S/C24H25BrN2O5S/c1-4-26-24-27(5-2)22(28)20(33-24)13-16-11-18(25)21(19(12-16)31-6-3)32-14-15-7-9-17(10-8-15)23(29)30/h7-13H,4-6,14H2,1-3H3,(H,29,30)/b20-13+,26-24?. The first-order chi connectivity index (χ1) is 15.9. The van der Waals surface area contributed by atoms with Gasteiger partial charge in [0.05, 0.1) is 21.5 Å². The van der Waals surface area contributed by atoms with Gasteiger partial charge in [-0.2, -0.15) is 0 Å². The van der Waals surface area contributed by atoms with Gasteiger partial charge in [0, 0.05) is 13.1 Å². The van der Waals surface area contributed by atoms with Crippen LogP contribution >= 0.6 is 27.7 Å². The van der Waals surface area contributed by atoms with Crippen LogP contribution in [0.25, 0.3) is 6.08 Å². The zero-order valence-corrected chi connectivity index (χ0v) is 21.0. The molecule has 0 radical (unpaired) electrons. The smallest absolute Gasteiger partial charge is 0.335 e. The molecule has 0 saturated carbocycles. The molecule has 1 aliphatic rings. The monoisotopic (exact) mass is 532 g/mol. The predicted octanol–water partition coefficient (Wildman–Crippen LogP) is 5.44. The topological polar surface area (TPSA) is 88.4 Å². The van der Waals surface area contributed by atoms with Crippen molar-refractivity contribution in [1.29, 1.82) is 0 Å². The maximum Gasteiger partial charge on any atom is 0.335 e. The minimum Gasteiger partial charge on any atom is -0.490 e. The minimum atomic E-state index is -0.970. The van der Waals surface area contributed by atoms with Gasteiger partial charge in [-0.15, -0.1) is 0 Å². The van der Waals surface area contributed by atoms with Crippen LogP contribution in [0.1, 0.15) is 42.3 Å². The second-order valence-corrected chi connectivity index (χ2v) is 8.83. The fourth-order valence-corrected chi connectivity index (χ4v) is 4.84. The van der Waals surface area contributed by atoms with Gasteiger partial charge in [-0.1, -0.05) is 12.1 Å². The first-order valence-corrected chi connectivity index (χ1v) is 12.2. The molecule has 0 aromatic heterocycles. The lowest BCUT2D eigenvalue weighted by Crippen LogP contribution is -2.28. The number of aromatic carboxylic acids is 1. The van der Waals surface area contributed by atoms with E-state index in [1.807, 2.05) is 39.0 Å². The van der Waals surface area contributed by atoms with Crippen molar-refractivity contribution in [3.05, 3.63) is 62.5 Å². The number of aliphatic imine (C=N–C) groups is 1. The molecule has 2 aromatic rings. The summed E-state index contributed by atoms with van der Waals surface area (Å²) in [6.45, 7) is 7.63. The molecule has 7 nitrogen and oxygen atoms in total. The van der Waals surface area contributed by atoms with Crippen LogP contribution < -0.4 is 9.47 Å². The van der Waals surface area contributed by atoms with Crippen molar-refractivity contribution in [2.45, 2.75) is 27.4 Å². The maximum absolute atomic E-state index is 12.8. The first-order valence-electron chi connectivity index (χ1n) is 10.5. The van der Waals surface area contributed by atoms with E-state index in [2.05, 4.69) is 20.9 Å². The third-order valence-electron chi connectivity index (χ3n) is 4.71. The van der Waals surface area contributed by atoms with Crippen molar-refractivity contribution in [1.82, 2.24) is 4.90 Å². The summed E-state index contributed by atoms with van der Waals surface area (Å²) >= 11 is 4.93. The van der Waals surface area contributed by atoms with Gasteiger partial charge in [0.25, 0.3) is 5.91 Å². The Labute approximate surface area is 205 Å². The molecule has 33 heavy (non-hydrogen) atoms. The number of benzene rings is 2. The Morgan fingerprint density at radius 2 is 1.91 bits per heavy atom. The van der Waals surface area contributed by atoms with E-state index >= 15 is 0 Å². The lowest BCUT2D eigenvalue weighted by Gasteiger charge is -2.15. The number of rotatable bonds is 9. The average Bonchev–Trinajstić information content (AvgIpc) is 3.07. The molecule has 0 atom stereocenters. The highest BCUT2D eigenvalue weighted by Crippen LogP contribution is 2.39. The minimum absolute atomic E-state index is 0.0612. The van der Waals surface area contributed by atoms with E-state index in [9.17, 15) is 9.59 Å². The van der Waals surface area contributed by atoms with Crippen LogP contribution in [-0.2, 0) is 11.4 Å². The van der Waals surface area contributed by atoms with Crippen molar-refractivity contribution in [3.63, 3.8) is 0 Å². The molecule has 174 valence electrons. The summed E-state index contributed by atoms with van der Waals surface area (Å²) in [6.07, 6.45) is 1.83. The fourth-order valence-electron chi connectivity index (χ4n) is 3.16. The summed E-state index contributed by atoms with van der Waals surface area (Å²) < 4.78 is 12.5. The number of halogens is 1. The van der Waals surface area contributed by atoms with Crippen molar-refractivity contribution < 1.29 is 24.2 Å². The average molecular weight is 533 g/mol. The normalized spacial score (nSPS) is 16.0. The predicted molar refractivity (Wildman–Crippen MR) is 134 cm³/mol. The van der Waals surface area contributed by atoms with Crippen molar-refractivity contribution in [3.8, 4) is 11.5 Å². The number of likely N-dealkylation sites (N-methyl/N-ethyl adjacent to an activating group) is 1. The summed E-state index contributed by atoms with van der Waals surface area (Å²) in [5.74, 6) is 0.0535. The molecule has 0 bridgehead atoms. The number of amides is 1. The Hall–Kier alpha value is -2.78. The number of carbonyl (C=O) groups excluding carboxylic acids is 1. The SMILES string of the molecule is CCN=C1S/C(=C/c2cc(Br)c(OCc3ccc(C(=O)O)cc3)c(OCC)c2)C(=O)N1CC. The molecule has 1 amide bonds. The number of thioether (sulfide) groups is 1. The molecule has 1 saturated heterocycles. The van der Waals surface area contributed by atoms with Gasteiger partial charge in [-0.25, -0.2) is 4.79 Å². The maximum atomic E-state index is 12.8. The number of ether oxygens (including phenoxy) is 2. The largest absolute Gasteiger partial charge is 0.490 e. The van der Waals surface area contributed by atoms with E-state index in [0.29, 0.717) is 45.7 Å². The van der Waals surface area contributed by atoms with Crippen LogP contribution in [0.3, 0.4) is 0 Å². The van der Waals surface area contributed by atoms with Crippen LogP contribution in [0.5, 0.6) is 11.5 Å². The number of amidine groups is 1. The molecule has 0 spiro atoms. The van der Waals surface area contributed by atoms with E-state index in [0.717, 1.165) is 11.1 Å². The van der Waals surface area contributed by atoms with Gasteiger partial charge >= 0.3 is 5.97 Å². The number of carboxylic acid groups (broad SMARTS) is 1. The van der Waals surface area contributed by atoms with Gasteiger partial charge in [0.1, 0.15) is 6.61 Å². The number of hydrogen-bond acceptors (Lipinski definition) is 6. The summed E-state index contributed by atoms with van der Waals surface area (Å²) in [5, 5.41) is 9.76. The highest BCUT2D eigenvalue weighted by atomic mass is 79.9. The summed E-state index contributed by atoms with van der Waals surface area (Å²) in [7, 11) is 0. The number of carboxylic acids is 1. The van der Waals surface area contributed by atoms with Crippen LogP contribution in [0, 0.1) is 0 Å². The van der Waals surface area contributed by atoms with E-state index in [4.69, 9.17) is 14.6 Å². The summed E-state index contributed by atoms with van der Waals surface area (Å²) in [4.78, 5) is 30.5. The molecule has 1 aliphatic heterocycles. The Morgan fingerprint density at radius 3 is 2.52 bits per heavy atom. The second-order valence-electron chi connectivity index (χ2n) is 6.97. The number of hydrogen-bond donors (Lipinski definition) is 1. The Balaban J connectivity index is 1.85. The van der Waals surface area contributed by atoms with E-state index in [-0.39, 0.29) is 18.1 Å². The highest BCUT2D eigenvalue weighted by molar-refractivity contribution is 9.10. The molecule has 9 heteroatoms. The van der Waals surface area contributed by atoms with Crippen LogP contribution in [0.4, 0.5) is 0 Å². The highest BCUT2D eigenvalue weighted by Gasteiger charge is 2.32. The third-order valence-corrected chi connectivity index (χ3v) is 6.34. The molecule has 1 heterocycles. The van der Waals surface area contributed by atoms with Crippen LogP contribution in [0.15, 0.2) is 50.8 Å². The molecule has 2 aromatic carbocycles. The molecule has 0 aliphatic carbocycles. The molecule has 3 rings (SSSR count). The van der Waals surface area contributed by atoms with Gasteiger partial charge in [0.2, 0.25) is 0 Å². The molecular formula is C24H25BrN2O5S. The van der Waals surface area contributed by atoms with E-state index < -0.39 is 5.97 Å². The lowest BCUT2D eigenvalue weighted by atomic mass is 10.1. The van der Waals surface area contributed by atoms with Crippen molar-refractivity contribution >= 4 is 50.8 Å². The van der Waals surface area contributed by atoms with Crippen LogP contribution in [0.2, 0.25) is 0 Å². The van der Waals surface area contributed by atoms with Gasteiger partial charge in [0.15, 0.2) is 16.7 Å². The zero-order chi connectivity index (χ0) is 24.0. The second kappa shape index (κ2) is 11.4. The Kier molecular flexibility index (Phi) is 8.57. The lowest BCUT2D eigenvalue weighted by molar-refractivity contribution is -0.122. The summed E-state index contributed by atoms with van der Waals surface area (Å²) in [6, 6.07) is 10.2. The summed E-state index contributed by atoms with van der Waals surface area (Å²) in [5.41, 5.74) is 1.85. The van der Waals surface area contributed by atoms with Gasteiger partial charge in [-0.3, -0.25) is 14.7 Å². The van der Waals surface area contributed by atoms with Crippen molar-refractivity contribution in [2.75, 3.05) is 19.7 Å². The zero-order valence-electron chi connectivity index (χ0n) is 18.6. The third kappa shape index (κ3) is 5.97. The molecular weight excluding hydrogens is 508 g/mol. The Morgan fingerprint density at radius 1 is 1.18 bits per heavy atom. The van der Waals surface area contributed by atoms with E-state index in [1.54, 1.807) is 29.2 Å². The quantitative estimate of drug-likeness (QED) is 0.432. The van der Waals surface area contributed by atoms with Gasteiger partial charge < -0.3 is 14.6 Å². The van der Waals surface area contributed by atoms with Gasteiger partial charge in [-0.05, 0) is 89.9 Å². The fraction of sp³-hybridized carbons (Fsp3) is 0.292. The number of nitrogens with zero attached hydrogens (tertiary/aromatic N) is 2. The molecule has 1 N–H and O–H groups in total. The Bertz CT molecular complexity index is 1100. The van der Waals surface area contributed by atoms with E-state index in [1.165, 1.54) is 11.8 Å². The number of carbonyl (C=O) groups is 2. The molecule has 1 fully saturated rings. The first kappa shape index (κ1) is 24.9.